The zero-order valence-corrected chi connectivity index (χ0v) is 9.66. The Morgan fingerprint density at radius 3 is 2.53 bits per heavy atom. The zero-order valence-electron chi connectivity index (χ0n) is 9.66. The van der Waals surface area contributed by atoms with Crippen molar-refractivity contribution in [3.05, 3.63) is 30.6 Å². The van der Waals surface area contributed by atoms with Gasteiger partial charge in [0.25, 0.3) is 0 Å². The average molecular weight is 232 g/mol. The van der Waals surface area contributed by atoms with Gasteiger partial charge in [0, 0.05) is 18.8 Å². The van der Waals surface area contributed by atoms with Gasteiger partial charge in [-0.1, -0.05) is 6.07 Å². The van der Waals surface area contributed by atoms with Gasteiger partial charge in [-0.05, 0) is 23.2 Å². The third kappa shape index (κ3) is 2.48. The molecule has 88 valence electrons. The molecule has 0 atom stereocenters. The van der Waals surface area contributed by atoms with Crippen LogP contribution in [0.1, 0.15) is 0 Å². The quantitative estimate of drug-likeness (QED) is 0.717. The summed E-state index contributed by atoms with van der Waals surface area (Å²) in [5.74, 6) is 0.578. The van der Waals surface area contributed by atoms with Crippen LogP contribution in [0.15, 0.2) is 30.6 Å². The molecule has 0 bridgehead atoms. The topological polar surface area (TPSA) is 67.5 Å². The van der Waals surface area contributed by atoms with Crippen molar-refractivity contribution in [2.45, 2.75) is 0 Å². The van der Waals surface area contributed by atoms with Crippen LogP contribution >= 0.6 is 0 Å². The van der Waals surface area contributed by atoms with E-state index < -0.39 is 7.12 Å². The summed E-state index contributed by atoms with van der Waals surface area (Å²) in [5, 5.41) is 22.5. The van der Waals surface area contributed by atoms with Crippen molar-refractivity contribution in [1.82, 2.24) is 9.78 Å². The van der Waals surface area contributed by atoms with Crippen LogP contribution < -0.4 is 10.2 Å². The molecule has 2 rings (SSSR count). The summed E-state index contributed by atoms with van der Waals surface area (Å²) in [6, 6.07) is 5.11. The van der Waals surface area contributed by atoms with E-state index in [1.54, 1.807) is 23.0 Å². The molecule has 0 aliphatic rings. The highest BCUT2D eigenvalue weighted by Crippen LogP contribution is 2.22. The highest BCUT2D eigenvalue weighted by atomic mass is 16.5. The normalized spacial score (nSPS) is 10.4. The van der Waals surface area contributed by atoms with Gasteiger partial charge in [-0.15, -0.1) is 0 Å². The van der Waals surface area contributed by atoms with Gasteiger partial charge in [0.1, 0.15) is 5.75 Å². The Bertz CT molecular complexity index is 525. The second-order valence-electron chi connectivity index (χ2n) is 3.77. The molecule has 1 heterocycles. The molecule has 0 spiro atoms. The smallest absolute Gasteiger partial charge is 0.488 e. The second kappa shape index (κ2) is 4.61. The Kier molecular flexibility index (Phi) is 3.17. The third-order valence-corrected chi connectivity index (χ3v) is 2.50. The van der Waals surface area contributed by atoms with Gasteiger partial charge in [-0.2, -0.15) is 5.10 Å². The SMILES string of the molecule is COc1cc(B(O)O)cc(-c2cnn(C)c2)c1. The van der Waals surface area contributed by atoms with E-state index in [1.807, 2.05) is 19.3 Å². The molecule has 1 aromatic carbocycles. The second-order valence-corrected chi connectivity index (χ2v) is 3.77. The summed E-state index contributed by atoms with van der Waals surface area (Å²) < 4.78 is 6.81. The van der Waals surface area contributed by atoms with Gasteiger partial charge >= 0.3 is 7.12 Å². The summed E-state index contributed by atoms with van der Waals surface area (Å²) in [5.41, 5.74) is 2.12. The minimum atomic E-state index is -1.51. The molecule has 0 fully saturated rings. The highest BCUT2D eigenvalue weighted by Gasteiger charge is 2.14. The van der Waals surface area contributed by atoms with E-state index >= 15 is 0 Å². The van der Waals surface area contributed by atoms with Crippen molar-refractivity contribution in [1.29, 1.82) is 0 Å². The molecule has 2 aromatic rings. The van der Waals surface area contributed by atoms with Crippen LogP contribution in [-0.4, -0.2) is 34.1 Å². The number of nitrogens with zero attached hydrogens (tertiary/aromatic N) is 2. The molecule has 0 amide bonds. The number of rotatable bonds is 3. The Labute approximate surface area is 99.4 Å². The van der Waals surface area contributed by atoms with Crippen LogP contribution in [0, 0.1) is 0 Å². The monoisotopic (exact) mass is 232 g/mol. The molecule has 0 aliphatic carbocycles. The van der Waals surface area contributed by atoms with E-state index in [-0.39, 0.29) is 0 Å². The molecule has 0 unspecified atom stereocenters. The number of hydrogen-bond acceptors (Lipinski definition) is 4. The molecular weight excluding hydrogens is 219 g/mol. The van der Waals surface area contributed by atoms with E-state index in [0.717, 1.165) is 11.1 Å². The van der Waals surface area contributed by atoms with Crippen molar-refractivity contribution < 1.29 is 14.8 Å². The Morgan fingerprint density at radius 2 is 2.00 bits per heavy atom. The number of hydrogen-bond donors (Lipinski definition) is 2. The summed E-state index contributed by atoms with van der Waals surface area (Å²) in [7, 11) is 1.85. The number of aryl methyl sites for hydroxylation is 1. The lowest BCUT2D eigenvalue weighted by Gasteiger charge is -2.07. The number of methoxy groups -OCH3 is 1. The summed E-state index contributed by atoms with van der Waals surface area (Å²) in [6.07, 6.45) is 3.56. The van der Waals surface area contributed by atoms with Crippen molar-refractivity contribution in [2.24, 2.45) is 7.05 Å². The van der Waals surface area contributed by atoms with Gasteiger partial charge in [0.15, 0.2) is 0 Å². The Morgan fingerprint density at radius 1 is 1.24 bits per heavy atom. The van der Waals surface area contributed by atoms with Gasteiger partial charge in [-0.3, -0.25) is 4.68 Å². The highest BCUT2D eigenvalue weighted by molar-refractivity contribution is 6.58. The van der Waals surface area contributed by atoms with Gasteiger partial charge < -0.3 is 14.8 Å². The molecule has 0 saturated heterocycles. The van der Waals surface area contributed by atoms with Crippen LogP contribution in [0.25, 0.3) is 11.1 Å². The van der Waals surface area contributed by atoms with Gasteiger partial charge in [0.2, 0.25) is 0 Å². The van der Waals surface area contributed by atoms with Gasteiger partial charge in [-0.25, -0.2) is 0 Å². The molecular formula is C11H13BN2O3. The van der Waals surface area contributed by atoms with Crippen molar-refractivity contribution in [3.8, 4) is 16.9 Å². The van der Waals surface area contributed by atoms with E-state index in [4.69, 9.17) is 4.74 Å². The number of benzene rings is 1. The Balaban J connectivity index is 2.49. The lowest BCUT2D eigenvalue weighted by Crippen LogP contribution is -2.29. The predicted octanol–water partition coefficient (Wildman–Crippen LogP) is -0.225. The molecule has 0 saturated carbocycles. The number of ether oxygens (including phenoxy) is 1. The van der Waals surface area contributed by atoms with E-state index in [1.165, 1.54) is 7.11 Å². The lowest BCUT2D eigenvalue weighted by molar-refractivity contribution is 0.412. The maximum absolute atomic E-state index is 9.20. The number of aromatic nitrogens is 2. The maximum Gasteiger partial charge on any atom is 0.488 e. The van der Waals surface area contributed by atoms with Crippen molar-refractivity contribution in [2.75, 3.05) is 7.11 Å². The largest absolute Gasteiger partial charge is 0.497 e. The van der Waals surface area contributed by atoms with E-state index in [9.17, 15) is 10.0 Å². The van der Waals surface area contributed by atoms with Crippen molar-refractivity contribution >= 4 is 12.6 Å². The summed E-state index contributed by atoms with van der Waals surface area (Å²) >= 11 is 0. The fourth-order valence-electron chi connectivity index (χ4n) is 1.63. The molecule has 1 aromatic heterocycles. The van der Waals surface area contributed by atoms with E-state index in [0.29, 0.717) is 11.2 Å². The molecule has 5 nitrogen and oxygen atoms in total. The summed E-state index contributed by atoms with van der Waals surface area (Å²) in [4.78, 5) is 0. The lowest BCUT2D eigenvalue weighted by atomic mass is 9.79. The Hall–Kier alpha value is -1.79. The zero-order chi connectivity index (χ0) is 12.4. The predicted molar refractivity (Wildman–Crippen MR) is 65.0 cm³/mol. The van der Waals surface area contributed by atoms with Crippen LogP contribution in [-0.2, 0) is 7.05 Å². The third-order valence-electron chi connectivity index (χ3n) is 2.50. The first-order chi connectivity index (χ1) is 8.10. The van der Waals surface area contributed by atoms with Crippen LogP contribution in [0.5, 0.6) is 5.75 Å². The minimum Gasteiger partial charge on any atom is -0.497 e. The first-order valence-corrected chi connectivity index (χ1v) is 5.14. The average Bonchev–Trinajstić information content (AvgIpc) is 2.75. The standard InChI is InChI=1S/C11H13BN2O3/c1-14-7-9(6-13-14)8-3-10(12(15)16)5-11(4-8)17-2/h3-7,15-16H,1-2H3. The van der Waals surface area contributed by atoms with Crippen LogP contribution in [0.4, 0.5) is 0 Å². The molecule has 17 heavy (non-hydrogen) atoms. The first kappa shape index (κ1) is 11.7. The van der Waals surface area contributed by atoms with Crippen LogP contribution in [0.2, 0.25) is 0 Å². The summed E-state index contributed by atoms with van der Waals surface area (Å²) in [6.45, 7) is 0. The molecule has 2 N–H and O–H groups in total. The maximum atomic E-state index is 9.20. The van der Waals surface area contributed by atoms with Crippen molar-refractivity contribution in [3.63, 3.8) is 0 Å². The molecule has 0 aliphatic heterocycles. The van der Waals surface area contributed by atoms with E-state index in [2.05, 4.69) is 5.10 Å². The van der Waals surface area contributed by atoms with Crippen LogP contribution in [0.3, 0.4) is 0 Å². The molecule has 6 heteroatoms. The van der Waals surface area contributed by atoms with Gasteiger partial charge in [0.05, 0.1) is 13.3 Å². The fraction of sp³-hybridized carbons (Fsp3) is 0.182. The first-order valence-electron chi connectivity index (χ1n) is 5.14. The minimum absolute atomic E-state index is 0.392. The fourth-order valence-corrected chi connectivity index (χ4v) is 1.63. The molecule has 0 radical (unpaired) electrons.